The number of nitro groups is 1. The van der Waals surface area contributed by atoms with Crippen molar-refractivity contribution in [1.29, 1.82) is 0 Å². The average molecular weight is 365 g/mol. The van der Waals surface area contributed by atoms with Crippen LogP contribution in [-0.4, -0.2) is 47.5 Å². The van der Waals surface area contributed by atoms with E-state index in [1.54, 1.807) is 0 Å². The van der Waals surface area contributed by atoms with E-state index < -0.39 is 38.4 Å². The first-order chi connectivity index (χ1) is 10.5. The highest BCUT2D eigenvalue weighted by Gasteiger charge is 2.10. The predicted molar refractivity (Wildman–Crippen MR) is 82.7 cm³/mol. The first kappa shape index (κ1) is 19.2. The summed E-state index contributed by atoms with van der Waals surface area (Å²) < 4.78 is 53.3. The fraction of sp³-hybridized carbons (Fsp3) is 0.333. The summed E-state index contributed by atoms with van der Waals surface area (Å²) in [5.41, 5.74) is 0.623. The lowest BCUT2D eigenvalue weighted by atomic mass is 10.1. The van der Waals surface area contributed by atoms with E-state index in [4.69, 9.17) is 0 Å². The quantitative estimate of drug-likeness (QED) is 0.378. The summed E-state index contributed by atoms with van der Waals surface area (Å²) in [5, 5.41) is 10.6. The topological polar surface area (TPSA) is 130 Å². The van der Waals surface area contributed by atoms with Crippen molar-refractivity contribution >= 4 is 32.0 Å². The van der Waals surface area contributed by atoms with Crippen LogP contribution in [0.2, 0.25) is 0 Å². The molecule has 0 radical (unpaired) electrons. The van der Waals surface area contributed by atoms with Crippen molar-refractivity contribution in [2.45, 2.75) is 0 Å². The van der Waals surface area contributed by atoms with Crippen LogP contribution >= 0.6 is 0 Å². The monoisotopic (exact) mass is 365 g/mol. The summed E-state index contributed by atoms with van der Waals surface area (Å²) in [6, 6.07) is 5.38. The second kappa shape index (κ2) is 7.64. The molecule has 0 bridgehead atoms. The largest absolute Gasteiger partial charge is 0.269 e. The molecule has 0 unspecified atom stereocenters. The molecule has 0 amide bonds. The summed E-state index contributed by atoms with van der Waals surface area (Å²) in [6.45, 7) is -0.795. The van der Waals surface area contributed by atoms with Crippen molar-refractivity contribution in [3.63, 3.8) is 0 Å². The van der Waals surface area contributed by atoms with E-state index in [9.17, 15) is 26.9 Å². The highest BCUT2D eigenvalue weighted by molar-refractivity contribution is 7.86. The fourth-order valence-corrected chi connectivity index (χ4v) is 2.15. The molecule has 0 aliphatic carbocycles. The third kappa shape index (κ3) is 8.40. The van der Waals surface area contributed by atoms with E-state index in [0.717, 1.165) is 12.5 Å². The molecule has 0 aliphatic rings. The van der Waals surface area contributed by atoms with Gasteiger partial charge in [-0.15, -0.1) is 0 Å². The maximum absolute atomic E-state index is 11.0. The van der Waals surface area contributed by atoms with Crippen LogP contribution in [0.25, 0.3) is 6.08 Å². The molecule has 0 fully saturated rings. The molecule has 0 saturated heterocycles. The molecule has 23 heavy (non-hydrogen) atoms. The van der Waals surface area contributed by atoms with Gasteiger partial charge in [0.1, 0.15) is 0 Å². The first-order valence-corrected chi connectivity index (χ1v) is 9.72. The number of benzene rings is 1. The van der Waals surface area contributed by atoms with Crippen LogP contribution in [0.4, 0.5) is 5.69 Å². The zero-order valence-electron chi connectivity index (χ0n) is 12.3. The molecule has 1 aromatic carbocycles. The maximum Gasteiger partial charge on any atom is 0.269 e. The molecule has 128 valence electrons. The molecule has 11 heteroatoms. The van der Waals surface area contributed by atoms with Crippen LogP contribution in [-0.2, 0) is 28.6 Å². The zero-order valence-corrected chi connectivity index (χ0v) is 14.0. The van der Waals surface area contributed by atoms with Crippen molar-refractivity contribution in [2.24, 2.45) is 0 Å². The van der Waals surface area contributed by atoms with Crippen LogP contribution in [0.1, 0.15) is 5.56 Å². The Morgan fingerprint density at radius 3 is 1.83 bits per heavy atom. The van der Waals surface area contributed by atoms with E-state index in [2.05, 4.69) is 8.37 Å². The van der Waals surface area contributed by atoms with Gasteiger partial charge < -0.3 is 0 Å². The molecule has 1 aromatic rings. The molecule has 0 aliphatic heterocycles. The van der Waals surface area contributed by atoms with Gasteiger partial charge in [-0.05, 0) is 23.3 Å². The number of hydrogen-bond donors (Lipinski definition) is 0. The predicted octanol–water partition coefficient (Wildman–Crippen LogP) is 0.931. The van der Waals surface area contributed by atoms with Gasteiger partial charge in [-0.2, -0.15) is 16.8 Å². The molecule has 0 spiro atoms. The normalized spacial score (nSPS) is 11.9. The lowest BCUT2D eigenvalue weighted by Crippen LogP contribution is -2.12. The Hall–Kier alpha value is -1.82. The third-order valence-corrected chi connectivity index (χ3v) is 3.48. The average Bonchev–Trinajstić information content (AvgIpc) is 2.40. The fourth-order valence-electron chi connectivity index (χ4n) is 1.42. The van der Waals surface area contributed by atoms with Crippen LogP contribution < -0.4 is 0 Å². The molecule has 9 nitrogen and oxygen atoms in total. The van der Waals surface area contributed by atoms with Gasteiger partial charge in [0.05, 0.1) is 30.6 Å². The lowest BCUT2D eigenvalue weighted by Gasteiger charge is -2.07. The second-order valence-electron chi connectivity index (χ2n) is 4.58. The highest BCUT2D eigenvalue weighted by atomic mass is 32.2. The molecule has 0 atom stereocenters. The molecular weight excluding hydrogens is 350 g/mol. The minimum atomic E-state index is -3.72. The van der Waals surface area contributed by atoms with Crippen molar-refractivity contribution in [2.75, 3.05) is 25.7 Å². The molecule has 1 rings (SSSR count). The minimum Gasteiger partial charge on any atom is -0.266 e. The van der Waals surface area contributed by atoms with Gasteiger partial charge in [0.15, 0.2) is 0 Å². The van der Waals surface area contributed by atoms with Gasteiger partial charge >= 0.3 is 0 Å². The Morgan fingerprint density at radius 1 is 1.04 bits per heavy atom. The lowest BCUT2D eigenvalue weighted by molar-refractivity contribution is -0.384. The summed E-state index contributed by atoms with van der Waals surface area (Å²) in [5.74, 6) is 0. The van der Waals surface area contributed by atoms with E-state index >= 15 is 0 Å². The number of rotatable bonds is 8. The van der Waals surface area contributed by atoms with Gasteiger partial charge in [0.2, 0.25) is 0 Å². The third-order valence-electron chi connectivity index (χ3n) is 2.39. The van der Waals surface area contributed by atoms with Gasteiger partial charge in [-0.1, -0.05) is 6.08 Å². The summed E-state index contributed by atoms with van der Waals surface area (Å²) in [6.07, 6.45) is 3.14. The Bertz CT molecular complexity index is 756. The summed E-state index contributed by atoms with van der Waals surface area (Å²) >= 11 is 0. The number of nitro benzene ring substituents is 1. The second-order valence-corrected chi connectivity index (χ2v) is 7.87. The molecule has 0 N–H and O–H groups in total. The SMILES string of the molecule is CS(=O)(=O)OCC(=Cc1ccc([N+](=O)[O-])cc1)COS(C)(=O)=O. The van der Waals surface area contributed by atoms with Gasteiger partial charge in [-0.3, -0.25) is 18.5 Å². The van der Waals surface area contributed by atoms with Gasteiger partial charge in [0.25, 0.3) is 25.9 Å². The Morgan fingerprint density at radius 2 is 1.48 bits per heavy atom. The molecule has 0 heterocycles. The number of non-ortho nitro benzene ring substituents is 1. The number of hydrogen-bond acceptors (Lipinski definition) is 8. The minimum absolute atomic E-state index is 0.108. The Labute approximate surface area is 133 Å². The summed E-state index contributed by atoms with van der Waals surface area (Å²) in [7, 11) is -7.44. The van der Waals surface area contributed by atoms with Crippen LogP contribution in [0.15, 0.2) is 29.8 Å². The first-order valence-electron chi connectivity index (χ1n) is 6.09. The van der Waals surface area contributed by atoms with E-state index in [0.29, 0.717) is 5.56 Å². The van der Waals surface area contributed by atoms with Crippen LogP contribution in [0.3, 0.4) is 0 Å². The maximum atomic E-state index is 11.0. The van der Waals surface area contributed by atoms with Crippen molar-refractivity contribution in [3.05, 3.63) is 45.5 Å². The molecule has 0 saturated carbocycles. The molecular formula is C12H15NO8S2. The zero-order chi connectivity index (χ0) is 17.7. The Kier molecular flexibility index (Phi) is 6.38. The van der Waals surface area contributed by atoms with E-state index in [-0.39, 0.29) is 11.3 Å². The van der Waals surface area contributed by atoms with E-state index in [1.807, 2.05) is 0 Å². The van der Waals surface area contributed by atoms with Crippen molar-refractivity contribution in [1.82, 2.24) is 0 Å². The highest BCUT2D eigenvalue weighted by Crippen LogP contribution is 2.15. The van der Waals surface area contributed by atoms with Crippen molar-refractivity contribution < 1.29 is 30.1 Å². The van der Waals surface area contributed by atoms with Gasteiger partial charge in [-0.25, -0.2) is 0 Å². The molecule has 0 aromatic heterocycles. The van der Waals surface area contributed by atoms with Gasteiger partial charge in [0, 0.05) is 12.1 Å². The van der Waals surface area contributed by atoms with E-state index in [1.165, 1.54) is 30.3 Å². The smallest absolute Gasteiger partial charge is 0.266 e. The summed E-state index contributed by atoms with van der Waals surface area (Å²) in [4.78, 5) is 10.0. The Balaban J connectivity index is 2.98. The van der Waals surface area contributed by atoms with Crippen LogP contribution in [0.5, 0.6) is 0 Å². The standard InChI is InChI=1S/C12H15NO8S2/c1-22(16,17)20-8-11(9-21-23(2,18)19)7-10-3-5-12(6-4-10)13(14)15/h3-7H,8-9H2,1-2H3. The van der Waals surface area contributed by atoms with Crippen LogP contribution in [0, 0.1) is 10.1 Å². The number of nitrogens with zero attached hydrogens (tertiary/aromatic N) is 1. The van der Waals surface area contributed by atoms with Crippen molar-refractivity contribution in [3.8, 4) is 0 Å².